The summed E-state index contributed by atoms with van der Waals surface area (Å²) >= 11 is 0. The second kappa shape index (κ2) is 13.8. The summed E-state index contributed by atoms with van der Waals surface area (Å²) in [7, 11) is 4.36. The molecule has 12 nitrogen and oxygen atoms in total. The molecule has 1 unspecified atom stereocenters. The van der Waals surface area contributed by atoms with Crippen molar-refractivity contribution in [1.29, 1.82) is 0 Å². The molecule has 0 radical (unpaired) electrons. The van der Waals surface area contributed by atoms with Crippen LogP contribution in [0.4, 0.5) is 19.7 Å². The van der Waals surface area contributed by atoms with E-state index >= 15 is 0 Å². The van der Waals surface area contributed by atoms with Gasteiger partial charge in [-0.05, 0) is 76.1 Å². The summed E-state index contributed by atoms with van der Waals surface area (Å²) in [6, 6.07) is 7.41. The Labute approximate surface area is 248 Å². The molecule has 2 heterocycles. The third-order valence-electron chi connectivity index (χ3n) is 6.14. The number of fused-ring (bicyclic) bond motifs is 1. The minimum Gasteiger partial charge on any atom is -0.453 e. The number of methoxy groups -OCH3 is 1. The van der Waals surface area contributed by atoms with Gasteiger partial charge in [0.1, 0.15) is 23.1 Å². The zero-order valence-electron chi connectivity index (χ0n) is 25.0. The topological polar surface area (TPSA) is 141 Å². The molecule has 1 aromatic carbocycles. The van der Waals surface area contributed by atoms with E-state index in [4.69, 9.17) is 4.74 Å². The molecule has 1 atom stereocenters. The Morgan fingerprint density at radius 2 is 1.84 bits per heavy atom. The van der Waals surface area contributed by atoms with Crippen LogP contribution in [-0.2, 0) is 25.6 Å². The predicted octanol–water partition coefficient (Wildman–Crippen LogP) is 3.86. The fourth-order valence-corrected chi connectivity index (χ4v) is 4.10. The van der Waals surface area contributed by atoms with E-state index in [1.54, 1.807) is 47.0 Å². The van der Waals surface area contributed by atoms with Crippen molar-refractivity contribution in [3.05, 3.63) is 76.6 Å². The van der Waals surface area contributed by atoms with Crippen LogP contribution in [0.3, 0.4) is 0 Å². The summed E-state index contributed by atoms with van der Waals surface area (Å²) < 4.78 is 26.7. The molecule has 0 fully saturated rings. The number of nitrogens with one attached hydrogen (secondary N) is 2. The van der Waals surface area contributed by atoms with Gasteiger partial charge in [0, 0.05) is 31.4 Å². The molecule has 43 heavy (non-hydrogen) atoms. The maximum Gasteiger partial charge on any atom is 0.419 e. The van der Waals surface area contributed by atoms with Gasteiger partial charge in [-0.2, -0.15) is 0 Å². The molecular weight excluding hydrogens is 561 g/mol. The van der Waals surface area contributed by atoms with E-state index in [9.17, 15) is 28.4 Å². The summed E-state index contributed by atoms with van der Waals surface area (Å²) in [5.74, 6) is -1.40. The molecule has 0 bridgehead atoms. The van der Waals surface area contributed by atoms with Gasteiger partial charge in [-0.1, -0.05) is 6.08 Å². The molecule has 0 aliphatic carbocycles. The first kappa shape index (κ1) is 32.6. The Bertz CT molecular complexity index is 1600. The predicted molar refractivity (Wildman–Crippen MR) is 158 cm³/mol. The Balaban J connectivity index is 1.88. The van der Waals surface area contributed by atoms with Crippen molar-refractivity contribution < 1.29 is 33.0 Å². The van der Waals surface area contributed by atoms with Crippen molar-refractivity contribution in [3.63, 3.8) is 0 Å². The largest absolute Gasteiger partial charge is 0.453 e. The molecule has 13 heteroatoms. The number of hydrogen-bond acceptors (Lipinski definition) is 7. The number of allylic oxidation sites excluding steroid dienone is 1. The zero-order chi connectivity index (χ0) is 31.9. The maximum atomic E-state index is 14.0. The van der Waals surface area contributed by atoms with Crippen molar-refractivity contribution in [2.75, 3.05) is 26.5 Å². The molecule has 0 aliphatic heterocycles. The first-order chi connectivity index (χ1) is 20.2. The maximum absolute atomic E-state index is 14.0. The average molecular weight is 598 g/mol. The second-order valence-electron chi connectivity index (χ2n) is 10.9. The number of hydrogen-bond donors (Lipinski definition) is 2. The summed E-state index contributed by atoms with van der Waals surface area (Å²) in [6.07, 6.45) is 3.26. The number of benzene rings is 1. The smallest absolute Gasteiger partial charge is 0.419 e. The number of pyridine rings is 1. The highest BCUT2D eigenvalue weighted by Gasteiger charge is 2.24. The monoisotopic (exact) mass is 597 g/mol. The normalized spacial score (nSPS) is 12.2. The van der Waals surface area contributed by atoms with Gasteiger partial charge in [0.2, 0.25) is 11.8 Å². The van der Waals surface area contributed by atoms with Crippen LogP contribution < -0.4 is 16.2 Å². The summed E-state index contributed by atoms with van der Waals surface area (Å²) in [4.78, 5) is 64.7. The van der Waals surface area contributed by atoms with E-state index < -0.39 is 41.1 Å². The molecule has 3 aromatic rings. The number of amides is 3. The Morgan fingerprint density at radius 1 is 1.12 bits per heavy atom. The van der Waals surface area contributed by atoms with E-state index in [1.807, 2.05) is 0 Å². The van der Waals surface area contributed by atoms with Crippen molar-refractivity contribution in [2.24, 2.45) is 0 Å². The van der Waals surface area contributed by atoms with Gasteiger partial charge in [0.25, 0.3) is 5.56 Å². The first-order valence-corrected chi connectivity index (χ1v) is 13.5. The third-order valence-corrected chi connectivity index (χ3v) is 6.14. The van der Waals surface area contributed by atoms with Crippen LogP contribution in [-0.4, -0.2) is 70.9 Å². The molecule has 0 saturated carbocycles. The van der Waals surface area contributed by atoms with Crippen LogP contribution >= 0.6 is 0 Å². The van der Waals surface area contributed by atoms with Crippen LogP contribution in [0.5, 0.6) is 0 Å². The molecule has 2 N–H and O–H groups in total. The number of rotatable bonds is 9. The van der Waals surface area contributed by atoms with Crippen LogP contribution in [0.1, 0.15) is 39.3 Å². The van der Waals surface area contributed by atoms with Crippen molar-refractivity contribution in [1.82, 2.24) is 19.4 Å². The fraction of sp³-hybridized carbons (Fsp3) is 0.367. The molecule has 230 valence electrons. The average Bonchev–Trinajstić information content (AvgIpc) is 3.28. The van der Waals surface area contributed by atoms with Gasteiger partial charge in [-0.3, -0.25) is 14.4 Å². The summed E-state index contributed by atoms with van der Waals surface area (Å²) in [6.45, 7) is 5.05. The number of aromatic nitrogens is 2. The van der Waals surface area contributed by atoms with Gasteiger partial charge in [0.15, 0.2) is 0 Å². The van der Waals surface area contributed by atoms with Crippen molar-refractivity contribution in [3.8, 4) is 0 Å². The second-order valence-corrected chi connectivity index (χ2v) is 10.9. The third kappa shape index (κ3) is 8.77. The van der Waals surface area contributed by atoms with Crippen LogP contribution in [0.25, 0.3) is 10.9 Å². The molecule has 3 amide bonds. The van der Waals surface area contributed by atoms with Crippen molar-refractivity contribution in [2.45, 2.75) is 51.8 Å². The first-order valence-electron chi connectivity index (χ1n) is 13.5. The van der Waals surface area contributed by atoms with Gasteiger partial charge < -0.3 is 29.6 Å². The Kier molecular flexibility index (Phi) is 10.5. The lowest BCUT2D eigenvalue weighted by atomic mass is 10.1. The number of likely N-dealkylation sites (N-methyl/N-ethyl adjacent to an activating group) is 1. The minimum absolute atomic E-state index is 0.0755. The fourth-order valence-electron chi connectivity index (χ4n) is 4.10. The van der Waals surface area contributed by atoms with Crippen LogP contribution in [0, 0.1) is 5.82 Å². The SMILES string of the molecule is COC(=O)NC(CCC=CC(=O)N(C)C)C(=O)Nc1cccn(Cc2cc3cc(F)ccc3n2C(=O)OC(C)(C)C)c1=O. The van der Waals surface area contributed by atoms with Gasteiger partial charge in [0.05, 0.1) is 19.2 Å². The highest BCUT2D eigenvalue weighted by Crippen LogP contribution is 2.24. The van der Waals surface area contributed by atoms with Crippen LogP contribution in [0.15, 0.2) is 59.5 Å². The van der Waals surface area contributed by atoms with Crippen molar-refractivity contribution >= 4 is 40.6 Å². The molecule has 0 saturated heterocycles. The van der Waals surface area contributed by atoms with E-state index in [1.165, 1.54) is 56.6 Å². The van der Waals surface area contributed by atoms with Gasteiger partial charge in [-0.15, -0.1) is 0 Å². The number of alkyl carbamates (subject to hydrolysis) is 1. The number of carbonyl (C=O) groups is 4. The Hall–Kier alpha value is -4.94. The Morgan fingerprint density at radius 3 is 2.49 bits per heavy atom. The lowest BCUT2D eigenvalue weighted by Gasteiger charge is -2.21. The summed E-state index contributed by atoms with van der Waals surface area (Å²) in [5.41, 5.74) is -0.714. The van der Waals surface area contributed by atoms with E-state index in [-0.39, 0.29) is 31.0 Å². The van der Waals surface area contributed by atoms with E-state index in [0.717, 1.165) is 7.11 Å². The zero-order valence-corrected chi connectivity index (χ0v) is 25.0. The number of halogens is 1. The lowest BCUT2D eigenvalue weighted by molar-refractivity contribution is -0.123. The molecular formula is C30H36FN5O7. The number of nitrogens with zero attached hydrogens (tertiary/aromatic N) is 3. The molecule has 0 spiro atoms. The minimum atomic E-state index is -1.08. The molecule has 2 aromatic heterocycles. The van der Waals surface area contributed by atoms with Gasteiger partial charge in [-0.25, -0.2) is 18.5 Å². The quantitative estimate of drug-likeness (QED) is 0.357. The number of carbonyl (C=O) groups excluding carboxylic acids is 4. The number of ether oxygens (including phenoxy) is 2. The number of anilines is 1. The van der Waals surface area contributed by atoms with Crippen LogP contribution in [0.2, 0.25) is 0 Å². The summed E-state index contributed by atoms with van der Waals surface area (Å²) in [5, 5.41) is 5.42. The van der Waals surface area contributed by atoms with E-state index in [0.29, 0.717) is 16.6 Å². The van der Waals surface area contributed by atoms with E-state index in [2.05, 4.69) is 15.4 Å². The lowest BCUT2D eigenvalue weighted by Crippen LogP contribution is -2.44. The van der Waals surface area contributed by atoms with Gasteiger partial charge >= 0.3 is 12.2 Å². The highest BCUT2D eigenvalue weighted by atomic mass is 19.1. The molecule has 3 rings (SSSR count). The molecule has 0 aliphatic rings. The standard InChI is InChI=1S/C30H36FN5O7/c1-30(2,3)43-29(41)36-21(17-19-16-20(31)13-14-24(19)36)18-35-15-9-11-23(27(35)39)32-26(38)22(33-28(40)42-6)10-7-8-12-25(37)34(4)5/h8-9,11-17,22H,7,10,18H2,1-6H3,(H,32,38)(H,33,40). The highest BCUT2D eigenvalue weighted by molar-refractivity contribution is 5.96.